The predicted octanol–water partition coefficient (Wildman–Crippen LogP) is 3.81. The molecule has 0 radical (unpaired) electrons. The lowest BCUT2D eigenvalue weighted by Crippen LogP contribution is -2.02. The molecule has 0 aliphatic carbocycles. The first-order valence-corrected chi connectivity index (χ1v) is 7.42. The minimum atomic E-state index is 0.650. The van der Waals surface area contributed by atoms with Gasteiger partial charge in [0.15, 0.2) is 0 Å². The topological polar surface area (TPSA) is 48.1 Å². The molecule has 4 heteroatoms. The van der Waals surface area contributed by atoms with E-state index in [1.807, 2.05) is 48.8 Å². The number of benzene rings is 2. The van der Waals surface area contributed by atoms with Crippen LogP contribution in [0.25, 0.3) is 10.8 Å². The van der Waals surface area contributed by atoms with E-state index in [9.17, 15) is 0 Å². The number of aryl methyl sites for hydroxylation is 1. The van der Waals surface area contributed by atoms with Gasteiger partial charge in [-0.05, 0) is 19.1 Å². The number of fused-ring (bicyclic) bond motifs is 1. The predicted molar refractivity (Wildman–Crippen MR) is 84.4 cm³/mol. The number of anilines is 1. The summed E-state index contributed by atoms with van der Waals surface area (Å²) in [5, 5.41) is 2.10. The molecule has 0 aliphatic heterocycles. The summed E-state index contributed by atoms with van der Waals surface area (Å²) in [5.74, 6) is 0.886. The van der Waals surface area contributed by atoms with Crippen molar-refractivity contribution in [1.82, 2.24) is 4.98 Å². The Morgan fingerprint density at radius 2 is 1.95 bits per heavy atom. The van der Waals surface area contributed by atoms with Gasteiger partial charge >= 0.3 is 0 Å². The second-order valence-corrected chi connectivity index (χ2v) is 5.60. The van der Waals surface area contributed by atoms with Crippen LogP contribution in [0.4, 0.5) is 5.69 Å². The maximum Gasteiger partial charge on any atom is 0.127 e. The normalized spacial score (nSPS) is 10.8. The number of nitrogens with two attached hydrogens (primary N) is 1. The van der Waals surface area contributed by atoms with E-state index in [0.717, 1.165) is 34.3 Å². The quantitative estimate of drug-likeness (QED) is 0.741. The second kappa shape index (κ2) is 5.51. The molecule has 0 unspecified atom stereocenters. The van der Waals surface area contributed by atoms with Gasteiger partial charge in [-0.1, -0.05) is 24.3 Å². The highest BCUT2D eigenvalue weighted by atomic mass is 32.1. The Morgan fingerprint density at radius 1 is 1.15 bits per heavy atom. The molecule has 102 valence electrons. The van der Waals surface area contributed by atoms with Crippen molar-refractivity contribution in [2.75, 3.05) is 12.3 Å². The molecule has 0 saturated heterocycles. The van der Waals surface area contributed by atoms with E-state index in [2.05, 4.69) is 4.98 Å². The molecular formula is C16H16N2OS. The van der Waals surface area contributed by atoms with Gasteiger partial charge in [0.25, 0.3) is 0 Å². The summed E-state index contributed by atoms with van der Waals surface area (Å²) in [6, 6.07) is 11.9. The molecule has 0 bridgehead atoms. The van der Waals surface area contributed by atoms with Gasteiger partial charge < -0.3 is 10.5 Å². The largest absolute Gasteiger partial charge is 0.493 e. The fraction of sp³-hybridized carbons (Fsp3) is 0.188. The van der Waals surface area contributed by atoms with Gasteiger partial charge in [0.2, 0.25) is 0 Å². The Kier molecular flexibility index (Phi) is 3.56. The summed E-state index contributed by atoms with van der Waals surface area (Å²) >= 11 is 1.68. The highest BCUT2D eigenvalue weighted by molar-refractivity contribution is 7.09. The van der Waals surface area contributed by atoms with E-state index < -0.39 is 0 Å². The highest BCUT2D eigenvalue weighted by Gasteiger charge is 2.06. The number of aromatic nitrogens is 1. The standard InChI is InChI=1S/C16H16N2OS/c1-11-16(20-10-18-11)8-9-19-15-7-6-14(17)12-4-2-3-5-13(12)15/h2-7,10H,8-9,17H2,1H3. The molecule has 3 nitrogen and oxygen atoms in total. The van der Waals surface area contributed by atoms with E-state index >= 15 is 0 Å². The van der Waals surface area contributed by atoms with Gasteiger partial charge in [0.05, 0.1) is 17.8 Å². The molecule has 1 heterocycles. The Bertz CT molecular complexity index is 736. The number of hydrogen-bond acceptors (Lipinski definition) is 4. The summed E-state index contributed by atoms with van der Waals surface area (Å²) in [6.45, 7) is 2.68. The Hall–Kier alpha value is -2.07. The number of nitrogens with zero attached hydrogens (tertiary/aromatic N) is 1. The van der Waals surface area contributed by atoms with Gasteiger partial charge in [0, 0.05) is 27.8 Å². The summed E-state index contributed by atoms with van der Waals surface area (Å²) in [5.41, 5.74) is 9.75. The summed E-state index contributed by atoms with van der Waals surface area (Å²) < 4.78 is 5.93. The molecule has 2 N–H and O–H groups in total. The summed E-state index contributed by atoms with van der Waals surface area (Å²) in [4.78, 5) is 5.53. The lowest BCUT2D eigenvalue weighted by molar-refractivity contribution is 0.326. The molecule has 20 heavy (non-hydrogen) atoms. The Labute approximate surface area is 122 Å². The average Bonchev–Trinajstić information content (AvgIpc) is 2.87. The molecule has 3 rings (SSSR count). The molecule has 0 aliphatic rings. The van der Waals surface area contributed by atoms with Crippen molar-refractivity contribution in [1.29, 1.82) is 0 Å². The van der Waals surface area contributed by atoms with Crippen LogP contribution in [-0.2, 0) is 6.42 Å². The maximum absolute atomic E-state index is 5.99. The third-order valence-corrected chi connectivity index (χ3v) is 4.34. The lowest BCUT2D eigenvalue weighted by Gasteiger charge is -2.10. The van der Waals surface area contributed by atoms with Crippen molar-refractivity contribution in [3.05, 3.63) is 52.5 Å². The highest BCUT2D eigenvalue weighted by Crippen LogP contribution is 2.30. The van der Waals surface area contributed by atoms with Gasteiger partial charge in [0.1, 0.15) is 5.75 Å². The van der Waals surface area contributed by atoms with E-state index in [4.69, 9.17) is 10.5 Å². The van der Waals surface area contributed by atoms with Gasteiger partial charge in [-0.2, -0.15) is 0 Å². The number of rotatable bonds is 4. The van der Waals surface area contributed by atoms with Crippen LogP contribution in [0.5, 0.6) is 5.75 Å². The molecule has 0 atom stereocenters. The SMILES string of the molecule is Cc1ncsc1CCOc1ccc(N)c2ccccc12. The molecule has 0 saturated carbocycles. The third kappa shape index (κ3) is 2.47. The number of hydrogen-bond donors (Lipinski definition) is 1. The van der Waals surface area contributed by atoms with Crippen molar-refractivity contribution >= 4 is 27.8 Å². The zero-order valence-electron chi connectivity index (χ0n) is 11.3. The fourth-order valence-electron chi connectivity index (χ4n) is 2.24. The first-order chi connectivity index (χ1) is 9.75. The van der Waals surface area contributed by atoms with Gasteiger partial charge in [-0.25, -0.2) is 4.98 Å². The van der Waals surface area contributed by atoms with E-state index in [0.29, 0.717) is 6.61 Å². The van der Waals surface area contributed by atoms with Crippen molar-refractivity contribution in [3.8, 4) is 5.75 Å². The number of ether oxygens (including phenoxy) is 1. The maximum atomic E-state index is 5.99. The van der Waals surface area contributed by atoms with Crippen molar-refractivity contribution in [2.45, 2.75) is 13.3 Å². The van der Waals surface area contributed by atoms with E-state index in [1.54, 1.807) is 11.3 Å². The zero-order valence-corrected chi connectivity index (χ0v) is 12.1. The Balaban J connectivity index is 1.78. The average molecular weight is 284 g/mol. The Morgan fingerprint density at radius 3 is 2.70 bits per heavy atom. The molecule has 0 spiro atoms. The molecular weight excluding hydrogens is 268 g/mol. The van der Waals surface area contributed by atoms with Crippen LogP contribution in [0.2, 0.25) is 0 Å². The first-order valence-electron chi connectivity index (χ1n) is 6.54. The van der Waals surface area contributed by atoms with Crippen LogP contribution in [0, 0.1) is 6.92 Å². The lowest BCUT2D eigenvalue weighted by atomic mass is 10.1. The van der Waals surface area contributed by atoms with Crippen molar-refractivity contribution in [3.63, 3.8) is 0 Å². The van der Waals surface area contributed by atoms with Crippen molar-refractivity contribution in [2.24, 2.45) is 0 Å². The minimum Gasteiger partial charge on any atom is -0.493 e. The van der Waals surface area contributed by atoms with Crippen LogP contribution in [0.15, 0.2) is 41.9 Å². The monoisotopic (exact) mass is 284 g/mol. The first kappa shape index (κ1) is 12.9. The smallest absolute Gasteiger partial charge is 0.127 e. The molecule has 2 aromatic carbocycles. The summed E-state index contributed by atoms with van der Waals surface area (Å²) in [7, 11) is 0. The van der Waals surface area contributed by atoms with Crippen molar-refractivity contribution < 1.29 is 4.74 Å². The van der Waals surface area contributed by atoms with Crippen LogP contribution in [0.3, 0.4) is 0 Å². The molecule has 3 aromatic rings. The molecule has 1 aromatic heterocycles. The molecule has 0 amide bonds. The zero-order chi connectivity index (χ0) is 13.9. The van der Waals surface area contributed by atoms with Crippen LogP contribution >= 0.6 is 11.3 Å². The number of thiazole rings is 1. The molecule has 0 fully saturated rings. The summed E-state index contributed by atoms with van der Waals surface area (Å²) in [6.07, 6.45) is 0.884. The van der Waals surface area contributed by atoms with Crippen LogP contribution in [-0.4, -0.2) is 11.6 Å². The van der Waals surface area contributed by atoms with Crippen LogP contribution < -0.4 is 10.5 Å². The van der Waals surface area contributed by atoms with Gasteiger partial charge in [-0.3, -0.25) is 0 Å². The van der Waals surface area contributed by atoms with Crippen LogP contribution in [0.1, 0.15) is 10.6 Å². The van der Waals surface area contributed by atoms with Gasteiger partial charge in [-0.15, -0.1) is 11.3 Å². The number of nitrogen functional groups attached to an aromatic ring is 1. The fourth-order valence-corrected chi connectivity index (χ4v) is 3.00. The van der Waals surface area contributed by atoms with E-state index in [1.165, 1.54) is 4.88 Å². The second-order valence-electron chi connectivity index (χ2n) is 4.66. The van der Waals surface area contributed by atoms with E-state index in [-0.39, 0.29) is 0 Å². The minimum absolute atomic E-state index is 0.650. The third-order valence-electron chi connectivity index (χ3n) is 3.35.